The van der Waals surface area contributed by atoms with Crippen molar-refractivity contribution in [3.8, 4) is 0 Å². The lowest BCUT2D eigenvalue weighted by molar-refractivity contribution is -0.118. The molecule has 0 N–H and O–H groups in total. The summed E-state index contributed by atoms with van der Waals surface area (Å²) in [6, 6.07) is 0. The van der Waals surface area contributed by atoms with Crippen LogP contribution < -0.4 is 0 Å². The van der Waals surface area contributed by atoms with E-state index in [1.54, 1.807) is 0 Å². The number of rotatable bonds is 1. The van der Waals surface area contributed by atoms with Crippen LogP contribution in [0.2, 0.25) is 0 Å². The molecule has 0 aromatic heterocycles. The van der Waals surface area contributed by atoms with E-state index in [-0.39, 0.29) is 0 Å². The Bertz CT molecular complexity index is 553. The van der Waals surface area contributed by atoms with Crippen LogP contribution in [0.4, 0.5) is 43.7 Å². The third-order valence-electron chi connectivity index (χ3n) is 2.03. The van der Waals surface area contributed by atoms with Gasteiger partial charge in [0.1, 0.15) is 0 Å². The smallest absolute Gasteiger partial charge is 0.277 e. The van der Waals surface area contributed by atoms with Crippen molar-refractivity contribution in [2.45, 2.75) is 25.6 Å². The SMILES string of the molecule is CCN1C(C(F)(F)F)=NC(C(F)(F)F)=NP1(F)=NC(F)(F)F. The van der Waals surface area contributed by atoms with Gasteiger partial charge >= 0.3 is 26.3 Å². The first kappa shape index (κ1) is 18.7. The predicted octanol–water partition coefficient (Wildman–Crippen LogP) is 4.68. The van der Waals surface area contributed by atoms with Gasteiger partial charge in [0.05, 0.1) is 0 Å². The molecule has 0 radical (unpaired) electrons. The first-order valence-corrected chi connectivity index (χ1v) is 6.65. The second-order valence-corrected chi connectivity index (χ2v) is 5.51. The Morgan fingerprint density at radius 1 is 1.00 bits per heavy atom. The fourth-order valence-electron chi connectivity index (χ4n) is 1.36. The Morgan fingerprint density at radius 2 is 1.50 bits per heavy atom. The van der Waals surface area contributed by atoms with Gasteiger partial charge in [0.25, 0.3) is 0 Å². The average Bonchev–Trinajstić information content (AvgIpc) is 2.21. The van der Waals surface area contributed by atoms with E-state index in [9.17, 15) is 43.7 Å². The van der Waals surface area contributed by atoms with Crippen molar-refractivity contribution in [2.24, 2.45) is 14.5 Å². The summed E-state index contributed by atoms with van der Waals surface area (Å²) in [7, 11) is -6.05. The lowest BCUT2D eigenvalue weighted by Gasteiger charge is -2.33. The van der Waals surface area contributed by atoms with Crippen LogP contribution in [0.25, 0.3) is 0 Å². The number of hydrogen-bond donors (Lipinski definition) is 0. The standard InChI is InChI=1S/C7H5F10N4P/c1-2-21-4(6(11,12)13)18-3(5(8,9)10)19-22(21,17)20-7(14,15)16/h2H2,1H3. The Balaban J connectivity index is 3.68. The molecule has 22 heavy (non-hydrogen) atoms. The molecule has 1 atom stereocenters. The molecule has 1 rings (SSSR count). The van der Waals surface area contributed by atoms with Gasteiger partial charge in [-0.15, -0.1) is 17.9 Å². The lowest BCUT2D eigenvalue weighted by Crippen LogP contribution is -2.43. The quantitative estimate of drug-likeness (QED) is 0.377. The minimum Gasteiger partial charge on any atom is -0.277 e. The normalized spacial score (nSPS) is 24.0. The molecule has 0 aromatic carbocycles. The van der Waals surface area contributed by atoms with E-state index < -0.39 is 49.2 Å². The third-order valence-corrected chi connectivity index (χ3v) is 4.04. The summed E-state index contributed by atoms with van der Waals surface area (Å²) in [5.41, 5.74) is 0. The van der Waals surface area contributed by atoms with E-state index in [2.05, 4.69) is 9.76 Å². The highest BCUT2D eigenvalue weighted by atomic mass is 31.2. The minimum atomic E-state index is -6.05. The fourth-order valence-corrected chi connectivity index (χ4v) is 3.06. The lowest BCUT2D eigenvalue weighted by atomic mass is 10.5. The number of halogens is 10. The van der Waals surface area contributed by atoms with Crippen molar-refractivity contribution in [3.05, 3.63) is 0 Å². The van der Waals surface area contributed by atoms with Gasteiger partial charge in [-0.3, -0.25) is 4.67 Å². The van der Waals surface area contributed by atoms with Crippen LogP contribution in [0.15, 0.2) is 14.5 Å². The van der Waals surface area contributed by atoms with Gasteiger partial charge in [-0.2, -0.15) is 35.3 Å². The van der Waals surface area contributed by atoms with Crippen LogP contribution in [0.1, 0.15) is 6.92 Å². The second-order valence-electron chi connectivity index (χ2n) is 3.63. The number of aliphatic imine (C=N–C) groups is 1. The first-order valence-electron chi connectivity index (χ1n) is 5.11. The zero-order chi connectivity index (χ0) is 17.6. The second kappa shape index (κ2) is 5.39. The van der Waals surface area contributed by atoms with E-state index in [1.165, 1.54) is 4.74 Å². The number of hydrogen-bond acceptors (Lipinski definition) is 2. The molecule has 4 nitrogen and oxygen atoms in total. The van der Waals surface area contributed by atoms with Crippen LogP contribution >= 0.6 is 7.67 Å². The molecule has 0 fully saturated rings. The summed E-state index contributed by atoms with van der Waals surface area (Å²) in [6.07, 6.45) is -17.0. The van der Waals surface area contributed by atoms with Crippen LogP contribution in [0, 0.1) is 0 Å². The molecule has 0 saturated heterocycles. The van der Waals surface area contributed by atoms with Crippen molar-refractivity contribution in [1.29, 1.82) is 0 Å². The molecule has 1 heterocycles. The highest BCUT2D eigenvalue weighted by Gasteiger charge is 2.53. The summed E-state index contributed by atoms with van der Waals surface area (Å²) < 4.78 is 129. The van der Waals surface area contributed by atoms with Gasteiger partial charge in [0, 0.05) is 6.54 Å². The van der Waals surface area contributed by atoms with E-state index in [1.807, 2.05) is 0 Å². The molecule has 1 aliphatic heterocycles. The molecule has 0 bridgehead atoms. The molecule has 15 heteroatoms. The molecule has 0 amide bonds. The molecule has 0 aromatic rings. The zero-order valence-electron chi connectivity index (χ0n) is 10.2. The predicted molar refractivity (Wildman–Crippen MR) is 55.9 cm³/mol. The summed E-state index contributed by atoms with van der Waals surface area (Å²) in [4.78, 5) is 2.11. The Hall–Kier alpha value is -1.33. The molecule has 0 spiro atoms. The van der Waals surface area contributed by atoms with Crippen LogP contribution in [0.3, 0.4) is 0 Å². The topological polar surface area (TPSA) is 40.3 Å². The van der Waals surface area contributed by atoms with Gasteiger partial charge in [-0.25, -0.2) is 4.99 Å². The maximum atomic E-state index is 14.2. The van der Waals surface area contributed by atoms with E-state index in [4.69, 9.17) is 0 Å². The van der Waals surface area contributed by atoms with Gasteiger partial charge in [0.2, 0.25) is 11.7 Å². The summed E-state index contributed by atoms with van der Waals surface area (Å²) >= 11 is 0. The minimum absolute atomic E-state index is 0.657. The molecule has 0 aliphatic carbocycles. The monoisotopic (exact) mass is 366 g/mol. The maximum absolute atomic E-state index is 14.2. The number of nitrogens with zero attached hydrogens (tertiary/aromatic N) is 4. The Kier molecular flexibility index (Phi) is 4.58. The van der Waals surface area contributed by atoms with E-state index >= 15 is 0 Å². The van der Waals surface area contributed by atoms with E-state index in [0.29, 0.717) is 0 Å². The van der Waals surface area contributed by atoms with Gasteiger partial charge in [0.15, 0.2) is 0 Å². The molecule has 1 aliphatic rings. The van der Waals surface area contributed by atoms with Crippen molar-refractivity contribution in [1.82, 2.24) is 4.67 Å². The van der Waals surface area contributed by atoms with Gasteiger partial charge in [-0.05, 0) is 6.92 Å². The maximum Gasteiger partial charge on any atom is 0.507 e. The van der Waals surface area contributed by atoms with Crippen LogP contribution in [-0.2, 0) is 0 Å². The van der Waals surface area contributed by atoms with Crippen molar-refractivity contribution in [3.63, 3.8) is 0 Å². The van der Waals surface area contributed by atoms with E-state index in [0.717, 1.165) is 6.92 Å². The van der Waals surface area contributed by atoms with Crippen LogP contribution in [-0.4, -0.2) is 41.5 Å². The molecule has 0 saturated carbocycles. The van der Waals surface area contributed by atoms with Crippen LogP contribution in [0.5, 0.6) is 0 Å². The van der Waals surface area contributed by atoms with Crippen molar-refractivity contribution < 1.29 is 43.7 Å². The number of alkyl halides is 9. The largest absolute Gasteiger partial charge is 0.507 e. The summed E-state index contributed by atoms with van der Waals surface area (Å²) in [5.74, 6) is -5.13. The molecular formula is C7H5F10N4P. The zero-order valence-corrected chi connectivity index (χ0v) is 11.1. The molecular weight excluding hydrogens is 361 g/mol. The molecule has 128 valence electrons. The summed E-state index contributed by atoms with van der Waals surface area (Å²) in [5, 5.41) is 0. The summed E-state index contributed by atoms with van der Waals surface area (Å²) in [6.45, 7) is -0.285. The Morgan fingerprint density at radius 3 is 1.82 bits per heavy atom. The first-order chi connectivity index (χ1) is 9.60. The Labute approximate surface area is 115 Å². The molecule has 1 unspecified atom stereocenters. The average molecular weight is 366 g/mol. The van der Waals surface area contributed by atoms with Crippen molar-refractivity contribution in [2.75, 3.05) is 6.54 Å². The third kappa shape index (κ3) is 4.11. The van der Waals surface area contributed by atoms with Crippen molar-refractivity contribution >= 4 is 19.3 Å². The van der Waals surface area contributed by atoms with Gasteiger partial charge in [-0.1, -0.05) is 0 Å². The highest BCUT2D eigenvalue weighted by Crippen LogP contribution is 2.62. The van der Waals surface area contributed by atoms with Gasteiger partial charge < -0.3 is 0 Å². The fraction of sp³-hybridized carbons (Fsp3) is 0.714. The highest BCUT2D eigenvalue weighted by molar-refractivity contribution is 7.58. The number of amidine groups is 2.